The number of halogens is 5. The highest BCUT2D eigenvalue weighted by atomic mass is 35.5. The molecular formula is C24H22ClF4N3O2. The van der Waals surface area contributed by atoms with Gasteiger partial charge in [0.05, 0.1) is 11.1 Å². The van der Waals surface area contributed by atoms with Crippen LogP contribution in [0.25, 0.3) is 0 Å². The Labute approximate surface area is 199 Å². The summed E-state index contributed by atoms with van der Waals surface area (Å²) < 4.78 is 57.0. The highest BCUT2D eigenvalue weighted by molar-refractivity contribution is 6.31. The van der Waals surface area contributed by atoms with Crippen molar-refractivity contribution >= 4 is 23.4 Å². The minimum absolute atomic E-state index is 0.0719. The second kappa shape index (κ2) is 9.76. The Morgan fingerprint density at radius 3 is 2.29 bits per heavy atom. The van der Waals surface area contributed by atoms with Crippen molar-refractivity contribution < 1.29 is 27.5 Å². The second-order valence-electron chi connectivity index (χ2n) is 8.16. The van der Waals surface area contributed by atoms with Gasteiger partial charge in [0.25, 0.3) is 0 Å². The molecule has 5 nitrogen and oxygen atoms in total. The van der Waals surface area contributed by atoms with E-state index < -0.39 is 40.8 Å². The van der Waals surface area contributed by atoms with Crippen molar-refractivity contribution in [2.75, 3.05) is 26.2 Å². The SMILES string of the molecule is CCN1C(c2c(F)cc(F)cc2F)=NC(c2ccc(F)cc2Cl)C(C(=O)O)=C1CN1CCCC1. The van der Waals surface area contributed by atoms with Gasteiger partial charge in [-0.3, -0.25) is 9.89 Å². The molecule has 0 spiro atoms. The van der Waals surface area contributed by atoms with Crippen LogP contribution in [0.3, 0.4) is 0 Å². The maximum absolute atomic E-state index is 14.8. The first-order valence-corrected chi connectivity index (χ1v) is 11.2. The third kappa shape index (κ3) is 4.54. The number of carbonyl (C=O) groups is 1. The number of benzene rings is 2. The van der Waals surface area contributed by atoms with Crippen LogP contribution in [0.15, 0.2) is 46.6 Å². The van der Waals surface area contributed by atoms with Crippen molar-refractivity contribution in [3.8, 4) is 0 Å². The van der Waals surface area contributed by atoms with E-state index in [0.29, 0.717) is 17.8 Å². The average molecular weight is 496 g/mol. The summed E-state index contributed by atoms with van der Waals surface area (Å²) in [6, 6.07) is 3.28. The van der Waals surface area contributed by atoms with Crippen LogP contribution in [0.1, 0.15) is 36.9 Å². The Morgan fingerprint density at radius 1 is 1.09 bits per heavy atom. The van der Waals surface area contributed by atoms with E-state index in [2.05, 4.69) is 4.99 Å². The Hall–Kier alpha value is -2.91. The summed E-state index contributed by atoms with van der Waals surface area (Å²) in [4.78, 5) is 20.4. The quantitative estimate of drug-likeness (QED) is 0.563. The fraction of sp³-hybridized carbons (Fsp3) is 0.333. The molecule has 0 amide bonds. The number of hydrogen-bond donors (Lipinski definition) is 1. The second-order valence-corrected chi connectivity index (χ2v) is 8.57. The fourth-order valence-electron chi connectivity index (χ4n) is 4.50. The molecule has 1 saturated heterocycles. The van der Waals surface area contributed by atoms with Gasteiger partial charge in [0.15, 0.2) is 0 Å². The van der Waals surface area contributed by atoms with Crippen LogP contribution in [-0.2, 0) is 4.79 Å². The topological polar surface area (TPSA) is 56.1 Å². The maximum atomic E-state index is 14.8. The van der Waals surface area contributed by atoms with Crippen molar-refractivity contribution in [2.24, 2.45) is 4.99 Å². The molecule has 2 heterocycles. The van der Waals surface area contributed by atoms with Gasteiger partial charge >= 0.3 is 5.97 Å². The molecule has 180 valence electrons. The number of likely N-dealkylation sites (tertiary alicyclic amines) is 1. The summed E-state index contributed by atoms with van der Waals surface area (Å²) in [5.41, 5.74) is -0.213. The van der Waals surface area contributed by atoms with Crippen molar-refractivity contribution in [1.29, 1.82) is 0 Å². The van der Waals surface area contributed by atoms with Gasteiger partial charge in [-0.05, 0) is 45.0 Å². The number of carboxylic acids is 1. The number of aliphatic imine (C=N–C) groups is 1. The van der Waals surface area contributed by atoms with Crippen molar-refractivity contribution in [2.45, 2.75) is 25.8 Å². The number of carboxylic acid groups (broad SMARTS) is 1. The molecule has 1 fully saturated rings. The monoisotopic (exact) mass is 495 g/mol. The van der Waals surface area contributed by atoms with Crippen LogP contribution in [0, 0.1) is 23.3 Å². The van der Waals surface area contributed by atoms with E-state index in [4.69, 9.17) is 11.6 Å². The lowest BCUT2D eigenvalue weighted by atomic mass is 9.93. The number of aliphatic carboxylic acids is 1. The molecule has 2 aliphatic rings. The highest BCUT2D eigenvalue weighted by Gasteiger charge is 2.38. The first kappa shape index (κ1) is 24.2. The van der Waals surface area contributed by atoms with Crippen molar-refractivity contribution in [3.63, 3.8) is 0 Å². The summed E-state index contributed by atoms with van der Waals surface area (Å²) in [5.74, 6) is -5.51. The Balaban J connectivity index is 1.97. The summed E-state index contributed by atoms with van der Waals surface area (Å²) in [5, 5.41) is 10.1. The van der Waals surface area contributed by atoms with Crippen LogP contribution in [0.5, 0.6) is 0 Å². The molecule has 4 rings (SSSR count). The van der Waals surface area contributed by atoms with E-state index in [1.807, 2.05) is 4.90 Å². The Morgan fingerprint density at radius 2 is 1.74 bits per heavy atom. The van der Waals surface area contributed by atoms with Gasteiger partial charge in [-0.1, -0.05) is 17.7 Å². The first-order valence-electron chi connectivity index (χ1n) is 10.8. The largest absolute Gasteiger partial charge is 0.478 e. The first-order chi connectivity index (χ1) is 16.2. The zero-order valence-electron chi connectivity index (χ0n) is 18.3. The molecular weight excluding hydrogens is 474 g/mol. The lowest BCUT2D eigenvalue weighted by Crippen LogP contribution is -2.42. The van der Waals surface area contributed by atoms with Crippen molar-refractivity contribution in [3.05, 3.63) is 81.0 Å². The zero-order valence-corrected chi connectivity index (χ0v) is 19.0. The molecule has 10 heteroatoms. The molecule has 0 aliphatic carbocycles. The van der Waals surface area contributed by atoms with Gasteiger partial charge in [-0.25, -0.2) is 22.4 Å². The molecule has 2 aromatic carbocycles. The van der Waals surface area contributed by atoms with Crippen LogP contribution in [0.2, 0.25) is 5.02 Å². The number of rotatable bonds is 6. The third-order valence-corrected chi connectivity index (χ3v) is 6.35. The lowest BCUT2D eigenvalue weighted by Gasteiger charge is -2.37. The molecule has 0 aromatic heterocycles. The Kier molecular flexibility index (Phi) is 6.95. The number of nitrogens with zero attached hydrogens (tertiary/aromatic N) is 3. The lowest BCUT2D eigenvalue weighted by molar-refractivity contribution is -0.133. The highest BCUT2D eigenvalue weighted by Crippen LogP contribution is 2.39. The molecule has 1 N–H and O–H groups in total. The van der Waals surface area contributed by atoms with E-state index in [0.717, 1.165) is 38.1 Å². The minimum Gasteiger partial charge on any atom is -0.478 e. The van der Waals surface area contributed by atoms with Crippen molar-refractivity contribution in [1.82, 2.24) is 9.80 Å². The van der Waals surface area contributed by atoms with E-state index >= 15 is 0 Å². The number of hydrogen-bond acceptors (Lipinski definition) is 4. The predicted molar refractivity (Wildman–Crippen MR) is 120 cm³/mol. The minimum atomic E-state index is -1.28. The standard InChI is InChI=1S/C24H22ClF4N3O2/c1-2-32-19(12-31-7-3-4-8-31)21(24(33)34)22(15-6-5-13(26)9-16(15)25)30-23(32)20-17(28)10-14(27)11-18(20)29/h5-6,9-11,22H,2-4,7-8,12H2,1H3,(H,33,34). The normalized spacial score (nSPS) is 19.1. The molecule has 2 aromatic rings. The van der Waals surface area contributed by atoms with E-state index in [-0.39, 0.29) is 35.1 Å². The van der Waals surface area contributed by atoms with Crippen LogP contribution < -0.4 is 0 Å². The summed E-state index contributed by atoms with van der Waals surface area (Å²) in [6.07, 6.45) is 1.88. The van der Waals surface area contributed by atoms with E-state index in [1.165, 1.54) is 11.0 Å². The molecule has 2 aliphatic heterocycles. The smallest absolute Gasteiger partial charge is 0.335 e. The van der Waals surface area contributed by atoms with Gasteiger partial charge < -0.3 is 10.0 Å². The molecule has 1 atom stereocenters. The molecule has 1 unspecified atom stereocenters. The molecule has 34 heavy (non-hydrogen) atoms. The van der Waals surface area contributed by atoms with Gasteiger partial charge in [0, 0.05) is 41.5 Å². The van der Waals surface area contributed by atoms with E-state index in [1.54, 1.807) is 6.92 Å². The predicted octanol–water partition coefficient (Wildman–Crippen LogP) is 5.15. The van der Waals surface area contributed by atoms with Gasteiger partial charge in [-0.15, -0.1) is 0 Å². The molecule has 0 radical (unpaired) electrons. The maximum Gasteiger partial charge on any atom is 0.335 e. The zero-order chi connectivity index (χ0) is 24.6. The van der Waals surface area contributed by atoms with Crippen LogP contribution in [-0.4, -0.2) is 52.9 Å². The van der Waals surface area contributed by atoms with Gasteiger partial charge in [0.1, 0.15) is 35.1 Å². The summed E-state index contributed by atoms with van der Waals surface area (Å²) >= 11 is 6.25. The molecule has 0 bridgehead atoms. The van der Waals surface area contributed by atoms with Crippen LogP contribution in [0.4, 0.5) is 17.6 Å². The van der Waals surface area contributed by atoms with E-state index in [9.17, 15) is 27.5 Å². The Bertz CT molecular complexity index is 1170. The number of likely N-dealkylation sites (N-methyl/N-ethyl adjacent to an activating group) is 1. The number of amidine groups is 1. The van der Waals surface area contributed by atoms with Gasteiger partial charge in [0.2, 0.25) is 0 Å². The molecule has 0 saturated carbocycles. The third-order valence-electron chi connectivity index (χ3n) is 6.02. The average Bonchev–Trinajstić information content (AvgIpc) is 3.25. The van der Waals surface area contributed by atoms with Gasteiger partial charge in [-0.2, -0.15) is 0 Å². The van der Waals surface area contributed by atoms with Crippen LogP contribution >= 0.6 is 11.6 Å². The summed E-state index contributed by atoms with van der Waals surface area (Å²) in [7, 11) is 0. The summed E-state index contributed by atoms with van der Waals surface area (Å²) in [6.45, 7) is 3.53. The fourth-order valence-corrected chi connectivity index (χ4v) is 4.77.